The molecular weight excluding hydrogens is 174 g/mol. The maximum Gasteiger partial charge on any atom is 0.0992 e. The third-order valence-electron chi connectivity index (χ3n) is 2.45. The van der Waals surface area contributed by atoms with Crippen molar-refractivity contribution in [2.45, 2.75) is 0 Å². The number of hydrogen-bond acceptors (Lipinski definition) is 3. The van der Waals surface area contributed by atoms with Crippen molar-refractivity contribution in [3.8, 4) is 6.07 Å². The van der Waals surface area contributed by atoms with Crippen molar-refractivity contribution in [1.29, 1.82) is 5.26 Å². The van der Waals surface area contributed by atoms with E-state index in [1.54, 1.807) is 0 Å². The molecule has 1 heterocycles. The molecule has 0 spiro atoms. The Morgan fingerprint density at radius 3 is 3.00 bits per heavy atom. The van der Waals surface area contributed by atoms with E-state index in [0.717, 1.165) is 31.2 Å². The molecule has 0 amide bonds. The van der Waals surface area contributed by atoms with Crippen molar-refractivity contribution >= 4 is 5.69 Å². The number of hydrogen-bond donors (Lipinski definition) is 2. The molecule has 1 aromatic carbocycles. The van der Waals surface area contributed by atoms with Crippen LogP contribution in [0.3, 0.4) is 0 Å². The molecule has 0 saturated carbocycles. The van der Waals surface area contributed by atoms with Gasteiger partial charge in [0.15, 0.2) is 0 Å². The third kappa shape index (κ3) is 2.04. The number of benzene rings is 1. The van der Waals surface area contributed by atoms with E-state index in [2.05, 4.69) is 16.7 Å². The summed E-state index contributed by atoms with van der Waals surface area (Å²) in [6.45, 7) is 3.19. The summed E-state index contributed by atoms with van der Waals surface area (Å²) in [7, 11) is 0. The first-order valence-electron chi connectivity index (χ1n) is 4.83. The molecule has 1 fully saturated rings. The fourth-order valence-corrected chi connectivity index (χ4v) is 1.45. The zero-order valence-corrected chi connectivity index (χ0v) is 7.96. The predicted octanol–water partition coefficient (Wildman–Crippen LogP) is 1.19. The summed E-state index contributed by atoms with van der Waals surface area (Å²) in [5.41, 5.74) is 1.75. The van der Waals surface area contributed by atoms with Gasteiger partial charge in [-0.1, -0.05) is 6.07 Å². The Balaban J connectivity index is 1.91. The number of nitrogens with zero attached hydrogens (tertiary/aromatic N) is 1. The second-order valence-electron chi connectivity index (χ2n) is 3.60. The second kappa shape index (κ2) is 4.12. The lowest BCUT2D eigenvalue weighted by molar-refractivity contribution is 0.365. The highest BCUT2D eigenvalue weighted by atomic mass is 15.0. The van der Waals surface area contributed by atoms with Crippen LogP contribution in [0.25, 0.3) is 0 Å². The minimum absolute atomic E-state index is 0.710. The quantitative estimate of drug-likeness (QED) is 0.747. The summed E-state index contributed by atoms with van der Waals surface area (Å²) in [5.74, 6) is 0.737. The van der Waals surface area contributed by atoms with Crippen LogP contribution < -0.4 is 10.6 Å². The molecule has 3 heteroatoms. The zero-order valence-electron chi connectivity index (χ0n) is 7.96. The van der Waals surface area contributed by atoms with E-state index in [1.807, 2.05) is 24.3 Å². The van der Waals surface area contributed by atoms with Gasteiger partial charge in [0.25, 0.3) is 0 Å². The normalized spacial score (nSPS) is 15.6. The predicted molar refractivity (Wildman–Crippen MR) is 56.0 cm³/mol. The van der Waals surface area contributed by atoms with Crippen molar-refractivity contribution in [2.24, 2.45) is 5.92 Å². The highest BCUT2D eigenvalue weighted by Gasteiger charge is 2.15. The van der Waals surface area contributed by atoms with Crippen molar-refractivity contribution in [2.75, 3.05) is 25.0 Å². The monoisotopic (exact) mass is 187 g/mol. The molecule has 0 radical (unpaired) electrons. The van der Waals surface area contributed by atoms with Crippen LogP contribution >= 0.6 is 0 Å². The molecule has 1 aliphatic rings. The van der Waals surface area contributed by atoms with E-state index >= 15 is 0 Å². The molecule has 1 saturated heterocycles. The molecule has 14 heavy (non-hydrogen) atoms. The van der Waals surface area contributed by atoms with E-state index in [4.69, 9.17) is 5.26 Å². The van der Waals surface area contributed by atoms with Crippen molar-refractivity contribution in [3.05, 3.63) is 29.8 Å². The van der Waals surface area contributed by atoms with Crippen molar-refractivity contribution in [1.82, 2.24) is 5.32 Å². The SMILES string of the molecule is N#Cc1cccc(NCC2CNC2)c1. The molecule has 0 atom stereocenters. The Bertz CT molecular complexity index is 350. The van der Waals surface area contributed by atoms with E-state index in [0.29, 0.717) is 5.56 Å². The summed E-state index contributed by atoms with van der Waals surface area (Å²) in [4.78, 5) is 0. The second-order valence-corrected chi connectivity index (χ2v) is 3.60. The summed E-state index contributed by atoms with van der Waals surface area (Å²) in [5, 5.41) is 15.3. The molecular formula is C11H13N3. The van der Waals surface area contributed by atoms with Gasteiger partial charge < -0.3 is 10.6 Å². The standard InChI is InChI=1S/C11H13N3/c12-5-9-2-1-3-11(4-9)14-8-10-6-13-7-10/h1-4,10,13-14H,6-8H2. The van der Waals surface area contributed by atoms with Gasteiger partial charge in [-0.05, 0) is 18.2 Å². The Kier molecular flexibility index (Phi) is 2.66. The van der Waals surface area contributed by atoms with Crippen LogP contribution in [0.1, 0.15) is 5.56 Å². The van der Waals surface area contributed by atoms with Gasteiger partial charge in [-0.3, -0.25) is 0 Å². The minimum atomic E-state index is 0.710. The first kappa shape index (κ1) is 9.04. The van der Waals surface area contributed by atoms with Gasteiger partial charge in [-0.2, -0.15) is 5.26 Å². The average Bonchev–Trinajstić information content (AvgIpc) is 2.16. The molecule has 0 aliphatic carbocycles. The minimum Gasteiger partial charge on any atom is -0.385 e. The molecule has 2 N–H and O–H groups in total. The molecule has 0 aromatic heterocycles. The third-order valence-corrected chi connectivity index (χ3v) is 2.45. The summed E-state index contributed by atoms with van der Waals surface area (Å²) in [6, 6.07) is 9.72. The van der Waals surface area contributed by atoms with E-state index in [9.17, 15) is 0 Å². The van der Waals surface area contributed by atoms with Crippen molar-refractivity contribution < 1.29 is 0 Å². The van der Waals surface area contributed by atoms with Gasteiger partial charge in [0.05, 0.1) is 11.6 Å². The topological polar surface area (TPSA) is 47.9 Å². The summed E-state index contributed by atoms with van der Waals surface area (Å²) >= 11 is 0. The van der Waals surface area contributed by atoms with E-state index < -0.39 is 0 Å². The van der Waals surface area contributed by atoms with Crippen LogP contribution in [-0.4, -0.2) is 19.6 Å². The maximum absolute atomic E-state index is 8.71. The zero-order chi connectivity index (χ0) is 9.80. The lowest BCUT2D eigenvalue weighted by atomic mass is 10.0. The molecule has 3 nitrogen and oxygen atoms in total. The lowest BCUT2D eigenvalue weighted by Gasteiger charge is -2.27. The Hall–Kier alpha value is -1.53. The van der Waals surface area contributed by atoms with Gasteiger partial charge in [0.1, 0.15) is 0 Å². The number of rotatable bonds is 3. The summed E-state index contributed by atoms with van der Waals surface area (Å²) in [6.07, 6.45) is 0. The van der Waals surface area contributed by atoms with E-state index in [1.165, 1.54) is 0 Å². The van der Waals surface area contributed by atoms with Gasteiger partial charge in [0, 0.05) is 31.2 Å². The average molecular weight is 187 g/mol. The Morgan fingerprint density at radius 2 is 2.36 bits per heavy atom. The van der Waals surface area contributed by atoms with Crippen LogP contribution in [0.15, 0.2) is 24.3 Å². The maximum atomic E-state index is 8.71. The molecule has 2 rings (SSSR count). The Morgan fingerprint density at radius 1 is 1.50 bits per heavy atom. The van der Waals surface area contributed by atoms with Gasteiger partial charge in [0.2, 0.25) is 0 Å². The lowest BCUT2D eigenvalue weighted by Crippen LogP contribution is -2.45. The molecule has 0 bridgehead atoms. The van der Waals surface area contributed by atoms with Gasteiger partial charge in [-0.25, -0.2) is 0 Å². The van der Waals surface area contributed by atoms with E-state index in [-0.39, 0.29) is 0 Å². The number of nitriles is 1. The van der Waals surface area contributed by atoms with Gasteiger partial charge >= 0.3 is 0 Å². The highest BCUT2D eigenvalue weighted by molar-refractivity contribution is 5.49. The molecule has 0 unspecified atom stereocenters. The first-order chi connectivity index (χ1) is 6.88. The molecule has 1 aliphatic heterocycles. The fourth-order valence-electron chi connectivity index (χ4n) is 1.45. The highest BCUT2D eigenvalue weighted by Crippen LogP contribution is 2.11. The fraction of sp³-hybridized carbons (Fsp3) is 0.364. The largest absolute Gasteiger partial charge is 0.385 e. The van der Waals surface area contributed by atoms with Crippen molar-refractivity contribution in [3.63, 3.8) is 0 Å². The van der Waals surface area contributed by atoms with Crippen LogP contribution in [0.4, 0.5) is 5.69 Å². The Labute approximate surface area is 83.7 Å². The van der Waals surface area contributed by atoms with Crippen LogP contribution in [0, 0.1) is 17.2 Å². The first-order valence-corrected chi connectivity index (χ1v) is 4.83. The molecule has 1 aromatic rings. The number of nitrogens with one attached hydrogen (secondary N) is 2. The molecule has 72 valence electrons. The van der Waals surface area contributed by atoms with Crippen LogP contribution in [-0.2, 0) is 0 Å². The van der Waals surface area contributed by atoms with Crippen LogP contribution in [0.5, 0.6) is 0 Å². The van der Waals surface area contributed by atoms with Gasteiger partial charge in [-0.15, -0.1) is 0 Å². The summed E-state index contributed by atoms with van der Waals surface area (Å²) < 4.78 is 0. The smallest absolute Gasteiger partial charge is 0.0992 e. The number of anilines is 1. The van der Waals surface area contributed by atoms with Crippen LogP contribution in [0.2, 0.25) is 0 Å².